The molecule has 0 bridgehead atoms. The lowest BCUT2D eigenvalue weighted by Crippen LogP contribution is -2.39. The summed E-state index contributed by atoms with van der Waals surface area (Å²) in [5, 5.41) is 0. The summed E-state index contributed by atoms with van der Waals surface area (Å²) in [5.74, 6) is 1.22. The van der Waals surface area contributed by atoms with Crippen LogP contribution >= 0.6 is 0 Å². The summed E-state index contributed by atoms with van der Waals surface area (Å²) in [7, 11) is 0. The maximum Gasteiger partial charge on any atom is 0.326 e. The minimum absolute atomic E-state index is 0.0693. The fourth-order valence-electron chi connectivity index (χ4n) is 3.44. The molecule has 3 aromatic rings. The van der Waals surface area contributed by atoms with Gasteiger partial charge >= 0.3 is 5.69 Å². The van der Waals surface area contributed by atoms with Gasteiger partial charge < -0.3 is 21.4 Å². The van der Waals surface area contributed by atoms with Crippen molar-refractivity contribution < 1.29 is 0 Å². The fourth-order valence-corrected chi connectivity index (χ4v) is 3.44. The molecule has 0 aliphatic carbocycles. The van der Waals surface area contributed by atoms with Crippen LogP contribution < -0.4 is 22.1 Å². The van der Waals surface area contributed by atoms with Crippen LogP contribution in [-0.2, 0) is 0 Å². The SMILES string of the molecule is Nc1cc(N2CCCC(n3c(=O)[nH]c4ccccc43)C2)nc(N)n1. The summed E-state index contributed by atoms with van der Waals surface area (Å²) in [6.07, 6.45) is 1.90. The van der Waals surface area contributed by atoms with Crippen molar-refractivity contribution >= 4 is 28.6 Å². The lowest BCUT2D eigenvalue weighted by molar-refractivity contribution is 0.404. The Kier molecular flexibility index (Phi) is 3.37. The molecule has 1 aromatic carbocycles. The second-order valence-corrected chi connectivity index (χ2v) is 6.07. The minimum atomic E-state index is -0.0789. The van der Waals surface area contributed by atoms with Gasteiger partial charge in [-0.1, -0.05) is 12.1 Å². The van der Waals surface area contributed by atoms with Crippen molar-refractivity contribution in [3.05, 3.63) is 40.8 Å². The summed E-state index contributed by atoms with van der Waals surface area (Å²) < 4.78 is 1.84. The van der Waals surface area contributed by atoms with Gasteiger partial charge in [0, 0.05) is 19.2 Å². The fraction of sp³-hybridized carbons (Fsp3) is 0.312. The highest BCUT2D eigenvalue weighted by molar-refractivity contribution is 5.75. The number of benzene rings is 1. The number of aromatic amines is 1. The van der Waals surface area contributed by atoms with Gasteiger partial charge in [-0.05, 0) is 25.0 Å². The van der Waals surface area contributed by atoms with E-state index >= 15 is 0 Å². The van der Waals surface area contributed by atoms with Crippen LogP contribution in [-0.4, -0.2) is 32.6 Å². The van der Waals surface area contributed by atoms with Crippen LogP contribution in [0.3, 0.4) is 0 Å². The van der Waals surface area contributed by atoms with Crippen LogP contribution in [0.5, 0.6) is 0 Å². The molecule has 124 valence electrons. The van der Waals surface area contributed by atoms with Crippen molar-refractivity contribution in [2.24, 2.45) is 0 Å². The van der Waals surface area contributed by atoms with Gasteiger partial charge in [0.1, 0.15) is 11.6 Å². The second-order valence-electron chi connectivity index (χ2n) is 6.07. The number of rotatable bonds is 2. The van der Waals surface area contributed by atoms with E-state index < -0.39 is 0 Å². The summed E-state index contributed by atoms with van der Waals surface area (Å²) in [6, 6.07) is 9.53. The van der Waals surface area contributed by atoms with Crippen LogP contribution in [0.15, 0.2) is 35.1 Å². The number of nitrogens with two attached hydrogens (primary N) is 2. The Hall–Kier alpha value is -3.03. The monoisotopic (exact) mass is 325 g/mol. The molecule has 3 heterocycles. The van der Waals surface area contributed by atoms with Crippen molar-refractivity contribution in [3.8, 4) is 0 Å². The van der Waals surface area contributed by atoms with Crippen molar-refractivity contribution in [2.75, 3.05) is 29.5 Å². The summed E-state index contributed by atoms with van der Waals surface area (Å²) in [5.41, 5.74) is 13.2. The van der Waals surface area contributed by atoms with E-state index in [1.54, 1.807) is 6.07 Å². The number of nitrogens with zero attached hydrogens (tertiary/aromatic N) is 4. The maximum absolute atomic E-state index is 12.4. The topological polar surface area (TPSA) is 119 Å². The van der Waals surface area contributed by atoms with E-state index in [0.717, 1.165) is 30.4 Å². The zero-order valence-corrected chi connectivity index (χ0v) is 13.1. The van der Waals surface area contributed by atoms with E-state index in [4.69, 9.17) is 11.5 Å². The Morgan fingerprint density at radius 3 is 2.88 bits per heavy atom. The van der Waals surface area contributed by atoms with Gasteiger partial charge in [0.15, 0.2) is 0 Å². The number of piperidine rings is 1. The molecule has 1 aliphatic rings. The number of aromatic nitrogens is 4. The molecule has 1 atom stereocenters. The molecule has 1 fully saturated rings. The molecule has 24 heavy (non-hydrogen) atoms. The van der Waals surface area contributed by atoms with Crippen molar-refractivity contribution in [3.63, 3.8) is 0 Å². The number of imidazole rings is 1. The van der Waals surface area contributed by atoms with E-state index in [9.17, 15) is 4.79 Å². The number of anilines is 3. The molecule has 1 saturated heterocycles. The number of nitrogens with one attached hydrogen (secondary N) is 1. The highest BCUT2D eigenvalue weighted by Crippen LogP contribution is 2.27. The molecule has 5 N–H and O–H groups in total. The maximum atomic E-state index is 12.4. The summed E-state index contributed by atoms with van der Waals surface area (Å²) in [6.45, 7) is 1.53. The smallest absolute Gasteiger partial charge is 0.326 e. The molecule has 0 saturated carbocycles. The highest BCUT2D eigenvalue weighted by Gasteiger charge is 2.25. The summed E-state index contributed by atoms with van der Waals surface area (Å²) in [4.78, 5) is 25.6. The normalized spacial score (nSPS) is 18.2. The van der Waals surface area contributed by atoms with Gasteiger partial charge in [-0.15, -0.1) is 0 Å². The average Bonchev–Trinajstić information content (AvgIpc) is 2.90. The number of hydrogen-bond acceptors (Lipinski definition) is 6. The molecular formula is C16H19N7O. The van der Waals surface area contributed by atoms with E-state index in [-0.39, 0.29) is 17.7 Å². The minimum Gasteiger partial charge on any atom is -0.383 e. The van der Waals surface area contributed by atoms with Crippen molar-refractivity contribution in [2.45, 2.75) is 18.9 Å². The van der Waals surface area contributed by atoms with Gasteiger partial charge in [-0.3, -0.25) is 4.57 Å². The predicted molar refractivity (Wildman–Crippen MR) is 93.9 cm³/mol. The standard InChI is InChI=1S/C16H19N7O/c17-13-8-14(21-15(18)20-13)22-7-3-4-10(9-22)23-12-6-2-1-5-11(12)19-16(23)24/h1-2,5-6,8,10H,3-4,7,9H2,(H,19,24)(H4,17,18,20,21). The molecule has 0 radical (unpaired) electrons. The molecule has 0 spiro atoms. The molecule has 8 heteroatoms. The van der Waals surface area contributed by atoms with Crippen molar-refractivity contribution in [1.29, 1.82) is 0 Å². The van der Waals surface area contributed by atoms with Crippen LogP contribution in [0.4, 0.5) is 17.6 Å². The Bertz CT molecular complexity index is 925. The van der Waals surface area contributed by atoms with Crippen LogP contribution in [0.25, 0.3) is 11.0 Å². The number of fused-ring (bicyclic) bond motifs is 1. The molecule has 1 aliphatic heterocycles. The Labute approximate surface area is 138 Å². The molecular weight excluding hydrogens is 306 g/mol. The van der Waals surface area contributed by atoms with Gasteiger partial charge in [-0.25, -0.2) is 4.79 Å². The van der Waals surface area contributed by atoms with Gasteiger partial charge in [-0.2, -0.15) is 9.97 Å². The van der Waals surface area contributed by atoms with E-state index in [2.05, 4.69) is 19.9 Å². The second kappa shape index (κ2) is 5.55. The number of H-pyrrole nitrogens is 1. The molecule has 4 rings (SSSR count). The molecule has 0 amide bonds. The average molecular weight is 325 g/mol. The third-order valence-corrected chi connectivity index (χ3v) is 4.46. The van der Waals surface area contributed by atoms with Gasteiger partial charge in [0.25, 0.3) is 0 Å². The third-order valence-electron chi connectivity index (χ3n) is 4.46. The lowest BCUT2D eigenvalue weighted by Gasteiger charge is -2.34. The van der Waals surface area contributed by atoms with Crippen LogP contribution in [0, 0.1) is 0 Å². The first-order valence-corrected chi connectivity index (χ1v) is 7.96. The molecule has 1 unspecified atom stereocenters. The number of nitrogen functional groups attached to an aromatic ring is 2. The zero-order chi connectivity index (χ0) is 16.7. The van der Waals surface area contributed by atoms with E-state index in [0.29, 0.717) is 18.2 Å². The number of hydrogen-bond donors (Lipinski definition) is 3. The Morgan fingerprint density at radius 1 is 1.21 bits per heavy atom. The molecule has 2 aromatic heterocycles. The highest BCUT2D eigenvalue weighted by atomic mass is 16.1. The predicted octanol–water partition coefficient (Wildman–Crippen LogP) is 1.13. The third kappa shape index (κ3) is 2.45. The summed E-state index contributed by atoms with van der Waals surface area (Å²) >= 11 is 0. The van der Waals surface area contributed by atoms with E-state index in [1.807, 2.05) is 28.8 Å². The van der Waals surface area contributed by atoms with Crippen molar-refractivity contribution in [1.82, 2.24) is 19.5 Å². The first-order chi connectivity index (χ1) is 11.6. The largest absolute Gasteiger partial charge is 0.383 e. The Morgan fingerprint density at radius 2 is 2.04 bits per heavy atom. The molecule has 8 nitrogen and oxygen atoms in total. The first kappa shape index (κ1) is 14.6. The van der Waals surface area contributed by atoms with Crippen LogP contribution in [0.1, 0.15) is 18.9 Å². The van der Waals surface area contributed by atoms with Gasteiger partial charge in [0.05, 0.1) is 17.1 Å². The van der Waals surface area contributed by atoms with Gasteiger partial charge in [0.2, 0.25) is 5.95 Å². The quantitative estimate of drug-likeness (QED) is 0.650. The number of para-hydroxylation sites is 2. The van der Waals surface area contributed by atoms with E-state index in [1.165, 1.54) is 0 Å². The lowest BCUT2D eigenvalue weighted by atomic mass is 10.1. The Balaban J connectivity index is 1.69. The first-order valence-electron chi connectivity index (χ1n) is 7.96. The zero-order valence-electron chi connectivity index (χ0n) is 13.1. The van der Waals surface area contributed by atoms with Crippen LogP contribution in [0.2, 0.25) is 0 Å².